The van der Waals surface area contributed by atoms with Crippen LogP contribution in [0.15, 0.2) is 0 Å². The van der Waals surface area contributed by atoms with E-state index in [9.17, 15) is 0 Å². The van der Waals surface area contributed by atoms with E-state index in [1.807, 2.05) is 0 Å². The minimum absolute atomic E-state index is 0.292. The molecule has 8 heavy (non-hydrogen) atoms. The van der Waals surface area contributed by atoms with E-state index in [1.54, 1.807) is 0 Å². The summed E-state index contributed by atoms with van der Waals surface area (Å²) in [5.41, 5.74) is 0. The Balaban J connectivity index is 3.79. The Morgan fingerprint density at radius 1 is 1.00 bits per heavy atom. The van der Waals surface area contributed by atoms with Crippen LogP contribution in [-0.4, -0.2) is 41.5 Å². The topological polar surface area (TPSA) is 60.7 Å². The summed E-state index contributed by atoms with van der Waals surface area (Å²) < 4.78 is 0. The fourth-order valence-electron chi connectivity index (χ4n) is 0.134. The molecule has 0 aromatic rings. The second-order valence-electron chi connectivity index (χ2n) is 1.64. The standard InChI is InChI=1S/C3H9BO3P/c4-8(1-5,2-6)3-7/h5-7H,1-3H2. The first-order valence-corrected chi connectivity index (χ1v) is 4.57. The molecule has 0 aliphatic heterocycles. The molecule has 0 unspecified atom stereocenters. The SMILES string of the molecule is [B]=P(CO)(CO)CO. The van der Waals surface area contributed by atoms with Gasteiger partial charge in [-0.1, -0.05) is 0 Å². The van der Waals surface area contributed by atoms with E-state index in [0.717, 1.165) is 0 Å². The van der Waals surface area contributed by atoms with Gasteiger partial charge in [-0.15, -0.1) is 0 Å². The third-order valence-corrected chi connectivity index (χ3v) is 2.53. The second-order valence-corrected chi connectivity index (χ2v) is 4.93. The molecule has 3 nitrogen and oxygen atoms in total. The van der Waals surface area contributed by atoms with Crippen LogP contribution in [0.3, 0.4) is 0 Å². The Hall–Kier alpha value is 0.375. The van der Waals surface area contributed by atoms with Gasteiger partial charge in [-0.2, -0.15) is 0 Å². The van der Waals surface area contributed by atoms with Crippen molar-refractivity contribution in [1.82, 2.24) is 0 Å². The molecule has 5 heteroatoms. The number of hydrogen-bond donors (Lipinski definition) is 3. The van der Waals surface area contributed by atoms with Crippen molar-refractivity contribution in [3.8, 4) is 0 Å². The summed E-state index contributed by atoms with van der Waals surface area (Å²) in [4.78, 5) is 0. The zero-order valence-electron chi connectivity index (χ0n) is 4.49. The van der Waals surface area contributed by atoms with Crippen LogP contribution in [0.1, 0.15) is 0 Å². The van der Waals surface area contributed by atoms with Crippen LogP contribution in [-0.2, 0) is 0 Å². The third kappa shape index (κ3) is 2.10. The Kier molecular flexibility index (Phi) is 3.57. The van der Waals surface area contributed by atoms with Crippen LogP contribution in [0, 0.1) is 0 Å². The van der Waals surface area contributed by atoms with Gasteiger partial charge in [0, 0.05) is 0 Å². The van der Waals surface area contributed by atoms with Crippen molar-refractivity contribution in [1.29, 1.82) is 0 Å². The zero-order valence-corrected chi connectivity index (χ0v) is 5.38. The predicted octanol–water partition coefficient (Wildman–Crippen LogP) is -1.06. The van der Waals surface area contributed by atoms with Gasteiger partial charge in [0.15, 0.2) is 0 Å². The van der Waals surface area contributed by atoms with Gasteiger partial charge < -0.3 is 0 Å². The normalized spacial score (nSPS) is 11.8. The summed E-state index contributed by atoms with van der Waals surface area (Å²) >= 11 is 0. The Morgan fingerprint density at radius 2 is 1.25 bits per heavy atom. The minimum atomic E-state index is -2.25. The van der Waals surface area contributed by atoms with E-state index in [1.165, 1.54) is 0 Å². The zero-order chi connectivity index (χ0) is 6.62. The quantitative estimate of drug-likeness (QED) is 0.341. The molecule has 47 valence electrons. The van der Waals surface area contributed by atoms with E-state index >= 15 is 0 Å². The molecule has 0 aliphatic carbocycles. The molecule has 0 rings (SSSR count). The van der Waals surface area contributed by atoms with Gasteiger partial charge in [-0.25, -0.2) is 0 Å². The van der Waals surface area contributed by atoms with Crippen molar-refractivity contribution in [2.75, 3.05) is 19.0 Å². The van der Waals surface area contributed by atoms with Crippen LogP contribution in [0.2, 0.25) is 0 Å². The van der Waals surface area contributed by atoms with Crippen molar-refractivity contribution in [2.45, 2.75) is 0 Å². The molecular weight excluding hydrogens is 126 g/mol. The number of rotatable bonds is 3. The first-order chi connectivity index (χ1) is 3.68. The third-order valence-electron chi connectivity index (χ3n) is 0.845. The van der Waals surface area contributed by atoms with Crippen LogP contribution in [0.25, 0.3) is 0 Å². The maximum absolute atomic E-state index is 8.39. The summed E-state index contributed by atoms with van der Waals surface area (Å²) in [7, 11) is 5.26. The summed E-state index contributed by atoms with van der Waals surface area (Å²) in [5.74, 6) is 0. The summed E-state index contributed by atoms with van der Waals surface area (Å²) in [6.07, 6.45) is -0.875. The van der Waals surface area contributed by atoms with Gasteiger partial charge in [0.25, 0.3) is 0 Å². The molecule has 0 saturated heterocycles. The first kappa shape index (κ1) is 8.37. The molecule has 0 aromatic heterocycles. The molecule has 0 spiro atoms. The predicted molar refractivity (Wildman–Crippen MR) is 33.9 cm³/mol. The molecule has 0 aliphatic rings. The molecule has 0 saturated carbocycles. The monoisotopic (exact) mass is 135 g/mol. The fourth-order valence-corrected chi connectivity index (χ4v) is 0.402. The van der Waals surface area contributed by atoms with E-state index in [0.29, 0.717) is 0 Å². The van der Waals surface area contributed by atoms with Crippen LogP contribution >= 0.6 is 6.75 Å². The first-order valence-electron chi connectivity index (χ1n) is 2.16. The molecule has 0 fully saturated rings. The molecule has 0 aromatic carbocycles. The second kappa shape index (κ2) is 3.41. The van der Waals surface area contributed by atoms with E-state index in [4.69, 9.17) is 22.5 Å². The summed E-state index contributed by atoms with van der Waals surface area (Å²) in [6.45, 7) is -2.25. The molecular formula is C3H9BO3P. The van der Waals surface area contributed by atoms with Gasteiger partial charge in [0.2, 0.25) is 0 Å². The van der Waals surface area contributed by atoms with Crippen molar-refractivity contribution in [3.63, 3.8) is 0 Å². The Labute approximate surface area is 49.3 Å². The van der Waals surface area contributed by atoms with Gasteiger partial charge in [-0.3, -0.25) is 0 Å². The van der Waals surface area contributed by atoms with E-state index < -0.39 is 6.75 Å². The van der Waals surface area contributed by atoms with E-state index in [-0.39, 0.29) is 19.0 Å². The number of aliphatic hydroxyl groups is 3. The van der Waals surface area contributed by atoms with Gasteiger partial charge in [0.05, 0.1) is 0 Å². The molecule has 1 radical (unpaired) electrons. The molecule has 0 heterocycles. The molecule has 0 amide bonds. The summed E-state index contributed by atoms with van der Waals surface area (Å²) in [6, 6.07) is 0. The van der Waals surface area contributed by atoms with Crippen molar-refractivity contribution >= 4 is 13.9 Å². The average molecular weight is 135 g/mol. The fraction of sp³-hybridized carbons (Fsp3) is 1.00. The van der Waals surface area contributed by atoms with Gasteiger partial charge in [0.1, 0.15) is 0 Å². The summed E-state index contributed by atoms with van der Waals surface area (Å²) in [5, 5.41) is 25.2. The van der Waals surface area contributed by atoms with Gasteiger partial charge >= 0.3 is 48.3 Å². The van der Waals surface area contributed by atoms with Crippen molar-refractivity contribution in [2.24, 2.45) is 0 Å². The molecule has 0 bridgehead atoms. The van der Waals surface area contributed by atoms with Crippen LogP contribution < -0.4 is 0 Å². The molecule has 3 N–H and O–H groups in total. The molecule has 0 atom stereocenters. The Bertz CT molecular complexity index is 85.7. The average Bonchev–Trinajstić information content (AvgIpc) is 1.87. The van der Waals surface area contributed by atoms with Gasteiger partial charge in [-0.05, 0) is 0 Å². The van der Waals surface area contributed by atoms with Crippen molar-refractivity contribution < 1.29 is 15.3 Å². The van der Waals surface area contributed by atoms with Crippen LogP contribution in [0.4, 0.5) is 0 Å². The Morgan fingerprint density at radius 3 is 1.25 bits per heavy atom. The van der Waals surface area contributed by atoms with Crippen LogP contribution in [0.5, 0.6) is 0 Å². The number of aliphatic hydroxyl groups excluding tert-OH is 3. The van der Waals surface area contributed by atoms with E-state index in [2.05, 4.69) is 0 Å². The maximum atomic E-state index is 8.39. The number of hydrogen-bond acceptors (Lipinski definition) is 3. The van der Waals surface area contributed by atoms with Crippen molar-refractivity contribution in [3.05, 3.63) is 0 Å².